The van der Waals surface area contributed by atoms with Crippen LogP contribution in [0.1, 0.15) is 0 Å². The van der Waals surface area contributed by atoms with E-state index in [1.807, 2.05) is 29.6 Å². The predicted molar refractivity (Wildman–Crippen MR) is 124 cm³/mol. The van der Waals surface area contributed by atoms with Crippen LogP contribution in [0.2, 0.25) is 0 Å². The van der Waals surface area contributed by atoms with E-state index in [4.69, 9.17) is 14.2 Å². The minimum absolute atomic E-state index is 0.169. The molecule has 0 aliphatic carbocycles. The molecule has 0 unspecified atom stereocenters. The Morgan fingerprint density at radius 3 is 2.76 bits per heavy atom. The summed E-state index contributed by atoms with van der Waals surface area (Å²) >= 11 is 1.58. The summed E-state index contributed by atoms with van der Waals surface area (Å²) < 4.78 is 17.3. The van der Waals surface area contributed by atoms with Gasteiger partial charge < -0.3 is 19.5 Å². The maximum absolute atomic E-state index is 12.3. The third-order valence-corrected chi connectivity index (χ3v) is 5.81. The Kier molecular flexibility index (Phi) is 6.17. The molecule has 0 radical (unpaired) electrons. The molecule has 0 saturated carbocycles. The smallest absolute Gasteiger partial charge is 0.267 e. The summed E-state index contributed by atoms with van der Waals surface area (Å²) in [6.07, 6.45) is 0. The molecule has 0 atom stereocenters. The Hall–Kier alpha value is -4.25. The Balaban J connectivity index is 1.13. The summed E-state index contributed by atoms with van der Waals surface area (Å²) in [5, 5.41) is 17.2. The number of rotatable bonds is 8. The lowest BCUT2D eigenvalue weighted by molar-refractivity contribution is -0.122. The van der Waals surface area contributed by atoms with Gasteiger partial charge in [0, 0.05) is 17.7 Å². The van der Waals surface area contributed by atoms with Gasteiger partial charge in [-0.2, -0.15) is 5.10 Å². The van der Waals surface area contributed by atoms with E-state index in [0.717, 1.165) is 20.8 Å². The van der Waals surface area contributed by atoms with Crippen molar-refractivity contribution in [3.63, 3.8) is 0 Å². The quantitative estimate of drug-likeness (QED) is 0.385. The highest BCUT2D eigenvalue weighted by Crippen LogP contribution is 2.35. The third kappa shape index (κ3) is 4.89. The highest BCUT2D eigenvalue weighted by molar-refractivity contribution is 7.13. The van der Waals surface area contributed by atoms with Gasteiger partial charge in [-0.05, 0) is 41.8 Å². The largest absolute Gasteiger partial charge is 0.475 e. The van der Waals surface area contributed by atoms with E-state index in [1.54, 1.807) is 35.6 Å². The molecule has 3 aromatic heterocycles. The van der Waals surface area contributed by atoms with Crippen LogP contribution in [0.15, 0.2) is 64.8 Å². The molecule has 0 fully saturated rings. The van der Waals surface area contributed by atoms with Gasteiger partial charge in [-0.3, -0.25) is 9.59 Å². The molecule has 0 bridgehead atoms. The first kappa shape index (κ1) is 21.6. The van der Waals surface area contributed by atoms with Crippen LogP contribution >= 0.6 is 11.3 Å². The highest BCUT2D eigenvalue weighted by atomic mass is 32.1. The lowest BCUT2D eigenvalue weighted by Crippen LogP contribution is -2.35. The number of benzene rings is 1. The molecular weight excluding hydrogens is 458 g/mol. The van der Waals surface area contributed by atoms with Crippen molar-refractivity contribution >= 4 is 17.2 Å². The van der Waals surface area contributed by atoms with Gasteiger partial charge in [-0.15, -0.1) is 21.5 Å². The number of ether oxygens (including phenoxy) is 3. The van der Waals surface area contributed by atoms with Crippen LogP contribution in [0.5, 0.6) is 17.4 Å². The standard InChI is InChI=1S/C23H19N5O5S/c29-21(24-9-10-31-22-7-4-17(25-26-22)20-2-1-11-34-20)13-28-23(30)8-5-16(27-28)15-3-6-18-19(12-15)33-14-32-18/h1-8,11-12H,9-10,13-14H2,(H,24,29). The number of aromatic nitrogens is 4. The maximum atomic E-state index is 12.3. The molecule has 11 heteroatoms. The lowest BCUT2D eigenvalue weighted by Gasteiger charge is -2.09. The summed E-state index contributed by atoms with van der Waals surface area (Å²) in [6, 6.07) is 15.8. The van der Waals surface area contributed by atoms with Crippen LogP contribution in [-0.4, -0.2) is 45.8 Å². The van der Waals surface area contributed by atoms with Gasteiger partial charge in [0.25, 0.3) is 5.56 Å². The van der Waals surface area contributed by atoms with Crippen molar-refractivity contribution in [2.24, 2.45) is 0 Å². The fraction of sp³-hybridized carbons (Fsp3) is 0.174. The predicted octanol–water partition coefficient (Wildman–Crippen LogP) is 2.35. The van der Waals surface area contributed by atoms with E-state index in [-0.39, 0.29) is 38.0 Å². The number of fused-ring (bicyclic) bond motifs is 1. The second-order valence-corrected chi connectivity index (χ2v) is 8.16. The molecule has 4 aromatic rings. The third-order valence-electron chi connectivity index (χ3n) is 4.92. The number of thiophene rings is 1. The SMILES string of the molecule is O=C(Cn1nc(-c2ccc3c(c2)OCO3)ccc1=O)NCCOc1ccc(-c2cccs2)nn1. The number of hydrogen-bond acceptors (Lipinski definition) is 9. The molecule has 4 heterocycles. The highest BCUT2D eigenvalue weighted by Gasteiger charge is 2.15. The van der Waals surface area contributed by atoms with Crippen LogP contribution in [0.4, 0.5) is 0 Å². The van der Waals surface area contributed by atoms with Crippen molar-refractivity contribution in [3.8, 4) is 39.2 Å². The Labute approximate surface area is 197 Å². The van der Waals surface area contributed by atoms with Crippen LogP contribution in [-0.2, 0) is 11.3 Å². The van der Waals surface area contributed by atoms with Crippen LogP contribution in [0.25, 0.3) is 21.8 Å². The van der Waals surface area contributed by atoms with E-state index in [0.29, 0.717) is 23.1 Å². The Morgan fingerprint density at radius 2 is 1.94 bits per heavy atom. The summed E-state index contributed by atoms with van der Waals surface area (Å²) in [5.41, 5.74) is 1.69. The fourth-order valence-corrected chi connectivity index (χ4v) is 3.95. The van der Waals surface area contributed by atoms with Crippen molar-refractivity contribution in [2.75, 3.05) is 19.9 Å². The van der Waals surface area contributed by atoms with Gasteiger partial charge in [-0.25, -0.2) is 4.68 Å². The number of amides is 1. The first-order valence-electron chi connectivity index (χ1n) is 10.4. The average molecular weight is 478 g/mol. The first-order chi connectivity index (χ1) is 16.7. The van der Waals surface area contributed by atoms with Crippen molar-refractivity contribution < 1.29 is 19.0 Å². The van der Waals surface area contributed by atoms with Crippen molar-refractivity contribution in [1.29, 1.82) is 0 Å². The van der Waals surface area contributed by atoms with E-state index in [2.05, 4.69) is 20.6 Å². The van der Waals surface area contributed by atoms with Crippen molar-refractivity contribution in [2.45, 2.75) is 6.54 Å². The van der Waals surface area contributed by atoms with Crippen molar-refractivity contribution in [3.05, 3.63) is 70.3 Å². The zero-order chi connectivity index (χ0) is 23.3. The summed E-state index contributed by atoms with van der Waals surface area (Å²) in [5.74, 6) is 1.27. The Bertz CT molecular complexity index is 1360. The first-order valence-corrected chi connectivity index (χ1v) is 11.3. The zero-order valence-electron chi connectivity index (χ0n) is 17.8. The normalized spacial score (nSPS) is 11.9. The molecule has 0 saturated heterocycles. The summed E-state index contributed by atoms with van der Waals surface area (Å²) in [4.78, 5) is 25.5. The van der Waals surface area contributed by atoms with Gasteiger partial charge in [0.2, 0.25) is 18.6 Å². The van der Waals surface area contributed by atoms with E-state index in [1.165, 1.54) is 6.07 Å². The number of hydrogen-bond donors (Lipinski definition) is 1. The molecule has 1 N–H and O–H groups in total. The van der Waals surface area contributed by atoms with E-state index < -0.39 is 0 Å². The molecule has 172 valence electrons. The molecule has 0 spiro atoms. The second kappa shape index (κ2) is 9.71. The molecule has 34 heavy (non-hydrogen) atoms. The van der Waals surface area contributed by atoms with Crippen LogP contribution < -0.4 is 25.1 Å². The summed E-state index contributed by atoms with van der Waals surface area (Å²) in [7, 11) is 0. The van der Waals surface area contributed by atoms with Crippen LogP contribution in [0, 0.1) is 0 Å². The molecular formula is C23H19N5O5S. The molecule has 5 rings (SSSR count). The van der Waals surface area contributed by atoms with Crippen molar-refractivity contribution in [1.82, 2.24) is 25.3 Å². The molecule has 1 aliphatic heterocycles. The van der Waals surface area contributed by atoms with Gasteiger partial charge in [0.1, 0.15) is 18.8 Å². The van der Waals surface area contributed by atoms with Gasteiger partial charge >= 0.3 is 0 Å². The minimum atomic E-state index is -0.378. The zero-order valence-corrected chi connectivity index (χ0v) is 18.7. The van der Waals surface area contributed by atoms with Gasteiger partial charge in [0.05, 0.1) is 17.1 Å². The topological polar surface area (TPSA) is 117 Å². The monoisotopic (exact) mass is 477 g/mol. The van der Waals surface area contributed by atoms with Crippen LogP contribution in [0.3, 0.4) is 0 Å². The average Bonchev–Trinajstić information content (AvgIpc) is 3.55. The molecule has 1 amide bonds. The Morgan fingerprint density at radius 1 is 1.06 bits per heavy atom. The molecule has 10 nitrogen and oxygen atoms in total. The fourth-order valence-electron chi connectivity index (χ4n) is 3.26. The second-order valence-electron chi connectivity index (χ2n) is 7.22. The van der Waals surface area contributed by atoms with Gasteiger partial charge in [-0.1, -0.05) is 6.07 Å². The van der Waals surface area contributed by atoms with E-state index >= 15 is 0 Å². The van der Waals surface area contributed by atoms with E-state index in [9.17, 15) is 9.59 Å². The van der Waals surface area contributed by atoms with Gasteiger partial charge in [0.15, 0.2) is 11.5 Å². The minimum Gasteiger partial charge on any atom is -0.475 e. The molecule has 1 aliphatic rings. The number of nitrogens with one attached hydrogen (secondary N) is 1. The maximum Gasteiger partial charge on any atom is 0.267 e. The lowest BCUT2D eigenvalue weighted by atomic mass is 10.1. The number of carbonyl (C=O) groups is 1. The number of nitrogens with zero attached hydrogens (tertiary/aromatic N) is 4. The number of carbonyl (C=O) groups excluding carboxylic acids is 1. The summed E-state index contributed by atoms with van der Waals surface area (Å²) in [6.45, 7) is 0.400. The molecule has 1 aromatic carbocycles.